The first-order valence-corrected chi connectivity index (χ1v) is 5.78. The van der Waals surface area contributed by atoms with E-state index in [4.69, 9.17) is 0 Å². The van der Waals surface area contributed by atoms with Crippen molar-refractivity contribution < 1.29 is 27.8 Å². The molecule has 1 amide bonds. The zero-order chi connectivity index (χ0) is 15.2. The normalized spacial score (nSPS) is 18.0. The van der Waals surface area contributed by atoms with Crippen LogP contribution in [0.15, 0.2) is 30.3 Å². The number of ether oxygens (including phenoxy) is 1. The molecule has 0 saturated heterocycles. The Morgan fingerprint density at radius 3 is 2.71 bits per heavy atom. The number of alkyl halides is 3. The minimum absolute atomic E-state index is 0.0945. The van der Waals surface area contributed by atoms with Gasteiger partial charge in [-0.2, -0.15) is 0 Å². The molecule has 0 fully saturated rings. The minimum atomic E-state index is -4.89. The summed E-state index contributed by atoms with van der Waals surface area (Å²) in [4.78, 5) is 13.1. The summed E-state index contributed by atoms with van der Waals surface area (Å²) in [6.07, 6.45) is -6.18. The van der Waals surface area contributed by atoms with Gasteiger partial charge in [-0.25, -0.2) is 0 Å². The second-order valence-corrected chi connectivity index (χ2v) is 4.28. The fourth-order valence-electron chi connectivity index (χ4n) is 2.13. The third-order valence-electron chi connectivity index (χ3n) is 2.95. The van der Waals surface area contributed by atoms with Crippen molar-refractivity contribution >= 4 is 11.7 Å². The van der Waals surface area contributed by atoms with E-state index in [-0.39, 0.29) is 11.4 Å². The van der Waals surface area contributed by atoms with E-state index in [2.05, 4.69) is 14.9 Å². The lowest BCUT2D eigenvalue weighted by Gasteiger charge is -2.18. The highest BCUT2D eigenvalue weighted by atomic mass is 19.4. The molecule has 0 radical (unpaired) electrons. The Morgan fingerprint density at radius 1 is 1.33 bits per heavy atom. The molecule has 9 heteroatoms. The molecule has 1 unspecified atom stereocenters. The van der Waals surface area contributed by atoms with Gasteiger partial charge in [0, 0.05) is 17.2 Å². The summed E-state index contributed by atoms with van der Waals surface area (Å²) >= 11 is 0. The number of fused-ring (bicyclic) bond motifs is 1. The number of H-pyrrole nitrogens is 1. The van der Waals surface area contributed by atoms with Crippen LogP contribution >= 0.6 is 0 Å². The zero-order valence-corrected chi connectivity index (χ0v) is 10.3. The number of hydrogen-bond acceptors (Lipinski definition) is 4. The fraction of sp³-hybridized carbons (Fsp3) is 0.167. The first-order valence-electron chi connectivity index (χ1n) is 5.78. The highest BCUT2D eigenvalue weighted by Crippen LogP contribution is 2.36. The molecule has 0 bridgehead atoms. The summed E-state index contributed by atoms with van der Waals surface area (Å²) < 4.78 is 39.9. The van der Waals surface area contributed by atoms with Gasteiger partial charge in [0.05, 0.1) is 0 Å². The maximum absolute atomic E-state index is 12.2. The average molecular weight is 299 g/mol. The van der Waals surface area contributed by atoms with Gasteiger partial charge >= 0.3 is 6.36 Å². The molecular formula is C12H8F3N3O3. The van der Waals surface area contributed by atoms with Gasteiger partial charge in [-0.1, -0.05) is 18.2 Å². The Morgan fingerprint density at radius 2 is 2.05 bits per heavy atom. The van der Waals surface area contributed by atoms with E-state index in [1.807, 2.05) is 0 Å². The number of aliphatic hydroxyl groups is 1. The van der Waals surface area contributed by atoms with Crippen LogP contribution in [0.3, 0.4) is 0 Å². The number of amides is 1. The van der Waals surface area contributed by atoms with Gasteiger partial charge in [0.15, 0.2) is 6.23 Å². The van der Waals surface area contributed by atoms with Crippen LogP contribution < -0.4 is 9.64 Å². The molecule has 1 aliphatic heterocycles. The van der Waals surface area contributed by atoms with Crippen molar-refractivity contribution in [2.24, 2.45) is 0 Å². The number of anilines is 1. The summed E-state index contributed by atoms with van der Waals surface area (Å²) in [7, 11) is 0. The Bertz CT molecular complexity index is 698. The molecule has 1 aromatic carbocycles. The number of aliphatic hydroxyl groups excluding tert-OH is 1. The molecule has 1 aliphatic rings. The van der Waals surface area contributed by atoms with Gasteiger partial charge in [0.25, 0.3) is 5.91 Å². The molecule has 1 aromatic heterocycles. The Labute approximate surface area is 115 Å². The summed E-state index contributed by atoms with van der Waals surface area (Å²) in [5.41, 5.74) is 0.647. The average Bonchev–Trinajstić information content (AvgIpc) is 2.93. The Hall–Kier alpha value is -2.55. The molecule has 2 heterocycles. The van der Waals surface area contributed by atoms with Crippen molar-refractivity contribution in [3.8, 4) is 5.88 Å². The number of hydrogen-bond donors (Lipinski definition) is 2. The molecule has 2 N–H and O–H groups in total. The number of carbonyl (C=O) groups is 1. The number of benzene rings is 1. The third kappa shape index (κ3) is 2.31. The van der Waals surface area contributed by atoms with Crippen LogP contribution in [0.4, 0.5) is 19.0 Å². The molecule has 0 aliphatic carbocycles. The number of carbonyl (C=O) groups excluding carboxylic acids is 1. The standard InChI is InChI=1S/C12H8F3N3O3/c13-12(14,15)21-9-5-8(16-17-9)18-10(19)6-3-1-2-4-7(6)11(18)20/h1-5,10,19H,(H,16,17). The van der Waals surface area contributed by atoms with Crippen molar-refractivity contribution in [1.82, 2.24) is 10.2 Å². The molecular weight excluding hydrogens is 291 g/mol. The summed E-state index contributed by atoms with van der Waals surface area (Å²) in [6, 6.07) is 7.23. The lowest BCUT2D eigenvalue weighted by atomic mass is 10.1. The first-order chi connectivity index (χ1) is 9.87. The monoisotopic (exact) mass is 299 g/mol. The van der Waals surface area contributed by atoms with E-state index < -0.39 is 24.4 Å². The Kier molecular flexibility index (Phi) is 2.87. The highest BCUT2D eigenvalue weighted by Gasteiger charge is 2.38. The van der Waals surface area contributed by atoms with Crippen LogP contribution in [-0.4, -0.2) is 27.6 Å². The summed E-state index contributed by atoms with van der Waals surface area (Å²) in [5, 5.41) is 15.6. The maximum atomic E-state index is 12.2. The maximum Gasteiger partial charge on any atom is 0.574 e. The Balaban J connectivity index is 1.91. The minimum Gasteiger partial charge on any atom is -0.386 e. The van der Waals surface area contributed by atoms with Crippen LogP contribution in [0.2, 0.25) is 0 Å². The van der Waals surface area contributed by atoms with Crippen molar-refractivity contribution in [2.45, 2.75) is 12.6 Å². The van der Waals surface area contributed by atoms with Crippen molar-refractivity contribution in [1.29, 1.82) is 0 Å². The SMILES string of the molecule is O=C1c2ccccc2C(O)N1c1cc(OC(F)(F)F)n[nH]1. The lowest BCUT2D eigenvalue weighted by Crippen LogP contribution is -2.27. The molecule has 21 heavy (non-hydrogen) atoms. The topological polar surface area (TPSA) is 78.4 Å². The van der Waals surface area contributed by atoms with E-state index in [0.717, 1.165) is 11.0 Å². The van der Waals surface area contributed by atoms with E-state index in [1.54, 1.807) is 18.2 Å². The van der Waals surface area contributed by atoms with Crippen LogP contribution in [0.25, 0.3) is 0 Å². The van der Waals surface area contributed by atoms with Gasteiger partial charge in [0.2, 0.25) is 5.88 Å². The number of halogens is 3. The van der Waals surface area contributed by atoms with Crippen molar-refractivity contribution in [3.05, 3.63) is 41.5 Å². The second kappa shape index (κ2) is 4.48. The first kappa shape index (κ1) is 13.4. The number of rotatable bonds is 2. The van der Waals surface area contributed by atoms with Gasteiger partial charge in [-0.05, 0) is 6.07 Å². The molecule has 0 spiro atoms. The second-order valence-electron chi connectivity index (χ2n) is 4.28. The molecule has 2 aromatic rings. The van der Waals surface area contributed by atoms with E-state index in [0.29, 0.717) is 5.56 Å². The smallest absolute Gasteiger partial charge is 0.386 e. The van der Waals surface area contributed by atoms with Crippen LogP contribution in [0.5, 0.6) is 5.88 Å². The van der Waals surface area contributed by atoms with Crippen LogP contribution in [0.1, 0.15) is 22.1 Å². The van der Waals surface area contributed by atoms with E-state index in [9.17, 15) is 23.1 Å². The van der Waals surface area contributed by atoms with Crippen molar-refractivity contribution in [3.63, 3.8) is 0 Å². The van der Waals surface area contributed by atoms with E-state index >= 15 is 0 Å². The molecule has 0 saturated carbocycles. The van der Waals surface area contributed by atoms with Gasteiger partial charge in [-0.15, -0.1) is 18.3 Å². The molecule has 110 valence electrons. The van der Waals surface area contributed by atoms with Crippen molar-refractivity contribution in [2.75, 3.05) is 4.90 Å². The molecule has 6 nitrogen and oxygen atoms in total. The van der Waals surface area contributed by atoms with Gasteiger partial charge in [0.1, 0.15) is 5.82 Å². The fourth-order valence-corrected chi connectivity index (χ4v) is 2.13. The predicted octanol–water partition coefficient (Wildman–Crippen LogP) is 1.96. The highest BCUT2D eigenvalue weighted by molar-refractivity contribution is 6.10. The molecule has 1 atom stereocenters. The third-order valence-corrected chi connectivity index (χ3v) is 2.95. The van der Waals surface area contributed by atoms with Crippen LogP contribution in [0, 0.1) is 0 Å². The summed E-state index contributed by atoms with van der Waals surface area (Å²) in [5.74, 6) is -1.38. The number of aromatic nitrogens is 2. The largest absolute Gasteiger partial charge is 0.574 e. The number of nitrogens with zero attached hydrogens (tertiary/aromatic N) is 2. The van der Waals surface area contributed by atoms with Crippen LogP contribution in [-0.2, 0) is 0 Å². The number of nitrogens with one attached hydrogen (secondary N) is 1. The van der Waals surface area contributed by atoms with E-state index in [1.165, 1.54) is 6.07 Å². The summed E-state index contributed by atoms with van der Waals surface area (Å²) in [6.45, 7) is 0. The number of aromatic amines is 1. The van der Waals surface area contributed by atoms with Gasteiger partial charge in [-0.3, -0.25) is 14.8 Å². The van der Waals surface area contributed by atoms with Gasteiger partial charge < -0.3 is 9.84 Å². The zero-order valence-electron chi connectivity index (χ0n) is 10.3. The quantitative estimate of drug-likeness (QED) is 0.888. The molecule has 3 rings (SSSR count). The predicted molar refractivity (Wildman–Crippen MR) is 63.5 cm³/mol. The lowest BCUT2D eigenvalue weighted by molar-refractivity contribution is -0.276.